The summed E-state index contributed by atoms with van der Waals surface area (Å²) in [6.45, 7) is 9.34. The summed E-state index contributed by atoms with van der Waals surface area (Å²) in [5, 5.41) is 3.49. The third-order valence-corrected chi connectivity index (χ3v) is 6.07. The van der Waals surface area contributed by atoms with Crippen molar-refractivity contribution < 1.29 is 4.79 Å². The molecule has 3 aliphatic rings. The van der Waals surface area contributed by atoms with Gasteiger partial charge in [-0.15, -0.1) is 0 Å². The van der Waals surface area contributed by atoms with Crippen LogP contribution in [0.15, 0.2) is 0 Å². The van der Waals surface area contributed by atoms with Gasteiger partial charge in [0.05, 0.1) is 6.54 Å². The van der Waals surface area contributed by atoms with Crippen molar-refractivity contribution in [1.82, 2.24) is 15.1 Å². The van der Waals surface area contributed by atoms with Gasteiger partial charge in [-0.1, -0.05) is 19.3 Å². The lowest BCUT2D eigenvalue weighted by Gasteiger charge is -2.35. The summed E-state index contributed by atoms with van der Waals surface area (Å²) >= 11 is 0. The lowest BCUT2D eigenvalue weighted by molar-refractivity contribution is -0.135. The zero-order valence-electron chi connectivity index (χ0n) is 13.7. The van der Waals surface area contributed by atoms with Crippen LogP contribution in [-0.4, -0.2) is 60.5 Å². The highest BCUT2D eigenvalue weighted by atomic mass is 16.2. The van der Waals surface area contributed by atoms with E-state index in [1.165, 1.54) is 32.1 Å². The average molecular weight is 293 g/mol. The molecule has 0 aromatic heterocycles. The van der Waals surface area contributed by atoms with Crippen LogP contribution in [0.5, 0.6) is 0 Å². The first-order valence-electron chi connectivity index (χ1n) is 8.95. The Morgan fingerprint density at radius 3 is 2.67 bits per heavy atom. The zero-order chi connectivity index (χ0) is 14.8. The Morgan fingerprint density at radius 1 is 1.24 bits per heavy atom. The van der Waals surface area contributed by atoms with E-state index in [1.807, 2.05) is 0 Å². The van der Waals surface area contributed by atoms with Gasteiger partial charge < -0.3 is 10.2 Å². The number of rotatable bonds is 4. The van der Waals surface area contributed by atoms with Gasteiger partial charge in [-0.05, 0) is 51.6 Å². The second-order valence-electron chi connectivity index (χ2n) is 7.22. The van der Waals surface area contributed by atoms with Gasteiger partial charge in [-0.3, -0.25) is 9.69 Å². The maximum absolute atomic E-state index is 12.8. The van der Waals surface area contributed by atoms with Crippen LogP contribution in [0.1, 0.15) is 46.0 Å². The minimum Gasteiger partial charge on any atom is -0.339 e. The number of fused-ring (bicyclic) bond motifs is 1. The molecule has 0 bridgehead atoms. The Bertz CT molecular complexity index is 367. The molecule has 21 heavy (non-hydrogen) atoms. The number of amides is 1. The van der Waals surface area contributed by atoms with Gasteiger partial charge in [0.2, 0.25) is 5.91 Å². The highest BCUT2D eigenvalue weighted by Gasteiger charge is 2.42. The zero-order valence-corrected chi connectivity index (χ0v) is 13.7. The average Bonchev–Trinajstić information content (AvgIpc) is 3.05. The Morgan fingerprint density at radius 2 is 2.00 bits per heavy atom. The molecule has 3 fully saturated rings. The molecule has 120 valence electrons. The largest absolute Gasteiger partial charge is 0.339 e. The monoisotopic (exact) mass is 293 g/mol. The molecule has 2 saturated heterocycles. The number of likely N-dealkylation sites (N-methyl/N-ethyl adjacent to an activating group) is 1. The molecule has 0 spiro atoms. The second-order valence-corrected chi connectivity index (χ2v) is 7.22. The van der Waals surface area contributed by atoms with Crippen LogP contribution in [0.25, 0.3) is 0 Å². The van der Waals surface area contributed by atoms with Crippen LogP contribution in [-0.2, 0) is 4.79 Å². The van der Waals surface area contributed by atoms with Crippen LogP contribution < -0.4 is 5.32 Å². The fraction of sp³-hybridized carbons (Fsp3) is 0.941. The first-order valence-corrected chi connectivity index (χ1v) is 8.95. The summed E-state index contributed by atoms with van der Waals surface area (Å²) in [5.74, 6) is 1.88. The first kappa shape index (κ1) is 15.3. The molecule has 2 aliphatic heterocycles. The van der Waals surface area contributed by atoms with E-state index in [0.717, 1.165) is 38.0 Å². The molecule has 0 radical (unpaired) electrons. The standard InChI is InChI=1S/C17H31N3O/c1-3-20(15-7-5-4-6-8-15)17(21)12-19-11-14-9-18-10-16(14)13(19)2/h13-16,18H,3-12H2,1-2H3. The molecule has 0 aromatic carbocycles. The van der Waals surface area contributed by atoms with Crippen molar-refractivity contribution in [3.63, 3.8) is 0 Å². The van der Waals surface area contributed by atoms with E-state index < -0.39 is 0 Å². The Kier molecular flexibility index (Phi) is 4.85. The van der Waals surface area contributed by atoms with Gasteiger partial charge in [0.1, 0.15) is 0 Å². The molecule has 0 aromatic rings. The molecule has 4 nitrogen and oxygen atoms in total. The highest BCUT2D eigenvalue weighted by Crippen LogP contribution is 2.32. The maximum Gasteiger partial charge on any atom is 0.236 e. The van der Waals surface area contributed by atoms with Crippen molar-refractivity contribution in [3.05, 3.63) is 0 Å². The lowest BCUT2D eigenvalue weighted by atomic mass is 9.94. The summed E-state index contributed by atoms with van der Waals surface area (Å²) in [6.07, 6.45) is 6.37. The van der Waals surface area contributed by atoms with Crippen molar-refractivity contribution in [1.29, 1.82) is 0 Å². The summed E-state index contributed by atoms with van der Waals surface area (Å²) in [5.41, 5.74) is 0. The predicted molar refractivity (Wildman–Crippen MR) is 85.1 cm³/mol. The number of nitrogens with zero attached hydrogens (tertiary/aromatic N) is 2. The van der Waals surface area contributed by atoms with Crippen LogP contribution in [0.4, 0.5) is 0 Å². The van der Waals surface area contributed by atoms with Crippen LogP contribution in [0, 0.1) is 11.8 Å². The van der Waals surface area contributed by atoms with Gasteiger partial charge in [-0.25, -0.2) is 0 Å². The van der Waals surface area contributed by atoms with E-state index in [-0.39, 0.29) is 0 Å². The number of carbonyl (C=O) groups is 1. The number of hydrogen-bond acceptors (Lipinski definition) is 3. The molecular weight excluding hydrogens is 262 g/mol. The topological polar surface area (TPSA) is 35.6 Å². The Balaban J connectivity index is 1.57. The molecule has 4 heteroatoms. The van der Waals surface area contributed by atoms with Crippen molar-refractivity contribution >= 4 is 5.91 Å². The summed E-state index contributed by atoms with van der Waals surface area (Å²) < 4.78 is 0. The fourth-order valence-electron chi connectivity index (χ4n) is 4.76. The second kappa shape index (κ2) is 6.66. The minimum atomic E-state index is 0.365. The number of likely N-dealkylation sites (tertiary alicyclic amines) is 1. The Hall–Kier alpha value is -0.610. The quantitative estimate of drug-likeness (QED) is 0.857. The van der Waals surface area contributed by atoms with Gasteiger partial charge >= 0.3 is 0 Å². The van der Waals surface area contributed by atoms with Crippen LogP contribution in [0.3, 0.4) is 0 Å². The van der Waals surface area contributed by atoms with Crippen LogP contribution >= 0.6 is 0 Å². The van der Waals surface area contributed by atoms with Crippen LogP contribution in [0.2, 0.25) is 0 Å². The number of hydrogen-bond donors (Lipinski definition) is 1. The molecule has 2 heterocycles. The van der Waals surface area contributed by atoms with E-state index in [1.54, 1.807) is 0 Å². The van der Waals surface area contributed by atoms with E-state index in [2.05, 4.69) is 29.0 Å². The summed E-state index contributed by atoms with van der Waals surface area (Å²) in [6, 6.07) is 1.06. The molecule has 1 saturated carbocycles. The predicted octanol–water partition coefficient (Wildman–Crippen LogP) is 1.71. The highest BCUT2D eigenvalue weighted by molar-refractivity contribution is 5.78. The number of carbonyl (C=O) groups excluding carboxylic acids is 1. The molecule has 1 amide bonds. The summed E-state index contributed by atoms with van der Waals surface area (Å²) in [7, 11) is 0. The molecule has 3 atom stereocenters. The fourth-order valence-corrected chi connectivity index (χ4v) is 4.76. The van der Waals surface area contributed by atoms with Crippen molar-refractivity contribution in [3.8, 4) is 0 Å². The smallest absolute Gasteiger partial charge is 0.236 e. The van der Waals surface area contributed by atoms with Crippen molar-refractivity contribution in [2.45, 2.75) is 58.0 Å². The molecule has 3 unspecified atom stereocenters. The lowest BCUT2D eigenvalue weighted by Crippen LogP contribution is -2.47. The summed E-state index contributed by atoms with van der Waals surface area (Å²) in [4.78, 5) is 17.4. The van der Waals surface area contributed by atoms with Gasteiger partial charge in [0.15, 0.2) is 0 Å². The van der Waals surface area contributed by atoms with Crippen molar-refractivity contribution in [2.75, 3.05) is 32.7 Å². The van der Waals surface area contributed by atoms with Gasteiger partial charge in [-0.2, -0.15) is 0 Å². The van der Waals surface area contributed by atoms with E-state index in [9.17, 15) is 4.79 Å². The first-order chi connectivity index (χ1) is 10.2. The third-order valence-electron chi connectivity index (χ3n) is 6.07. The Labute approximate surface area is 129 Å². The maximum atomic E-state index is 12.8. The van der Waals surface area contributed by atoms with E-state index in [4.69, 9.17) is 0 Å². The molecule has 1 N–H and O–H groups in total. The normalized spacial score (nSPS) is 34.1. The molecule has 1 aliphatic carbocycles. The SMILES string of the molecule is CCN(C(=O)CN1CC2CNCC2C1C)C1CCCCC1. The minimum absolute atomic E-state index is 0.365. The molecule has 3 rings (SSSR count). The number of nitrogens with one attached hydrogen (secondary N) is 1. The van der Waals surface area contributed by atoms with E-state index >= 15 is 0 Å². The van der Waals surface area contributed by atoms with E-state index in [0.29, 0.717) is 24.5 Å². The van der Waals surface area contributed by atoms with Crippen molar-refractivity contribution in [2.24, 2.45) is 11.8 Å². The van der Waals surface area contributed by atoms with Gasteiger partial charge in [0, 0.05) is 25.2 Å². The molecular formula is C17H31N3O. The van der Waals surface area contributed by atoms with Gasteiger partial charge in [0.25, 0.3) is 0 Å². The third kappa shape index (κ3) is 3.11.